The molecule has 0 bridgehead atoms. The van der Waals surface area contributed by atoms with Crippen LogP contribution in [0.3, 0.4) is 0 Å². The molecule has 0 N–H and O–H groups in total. The van der Waals surface area contributed by atoms with Crippen molar-refractivity contribution in [2.45, 2.75) is 24.5 Å². The van der Waals surface area contributed by atoms with Gasteiger partial charge in [-0.25, -0.2) is 4.98 Å². The second-order valence-corrected chi connectivity index (χ2v) is 8.62. The van der Waals surface area contributed by atoms with Crippen molar-refractivity contribution in [3.05, 3.63) is 66.7 Å². The first-order valence-electron chi connectivity index (χ1n) is 7.88. The van der Waals surface area contributed by atoms with Crippen molar-refractivity contribution in [2.75, 3.05) is 5.75 Å². The van der Waals surface area contributed by atoms with E-state index in [1.165, 1.54) is 10.9 Å². The van der Waals surface area contributed by atoms with Crippen LogP contribution in [0.1, 0.15) is 18.1 Å². The SMILES string of the molecule is CCSc1ccc(Cl)cc1Cn1cnc2c(I)cc(C(F)(F)F)cc2c1=O. The quantitative estimate of drug-likeness (QED) is 0.318. The molecule has 9 heteroatoms. The fraction of sp³-hybridized carbons (Fsp3) is 0.222. The van der Waals surface area contributed by atoms with Crippen LogP contribution in [-0.4, -0.2) is 15.3 Å². The average Bonchev–Trinajstić information content (AvgIpc) is 2.59. The maximum Gasteiger partial charge on any atom is 0.416 e. The number of fused-ring (bicyclic) bond motifs is 1. The van der Waals surface area contributed by atoms with Crippen molar-refractivity contribution >= 4 is 56.9 Å². The molecule has 0 fully saturated rings. The van der Waals surface area contributed by atoms with Crippen LogP contribution in [0, 0.1) is 3.57 Å². The molecule has 0 atom stereocenters. The standard InChI is InChI=1S/C18H13ClF3IN2OS/c1-2-27-15-4-3-12(19)5-10(15)8-25-9-24-16-13(17(25)26)6-11(7-14(16)23)18(20,21)22/h3-7,9H,2,8H2,1H3. The minimum absolute atomic E-state index is 0.0524. The maximum absolute atomic E-state index is 13.1. The summed E-state index contributed by atoms with van der Waals surface area (Å²) in [4.78, 5) is 18.0. The lowest BCUT2D eigenvalue weighted by atomic mass is 10.1. The van der Waals surface area contributed by atoms with Gasteiger partial charge in [-0.1, -0.05) is 18.5 Å². The lowest BCUT2D eigenvalue weighted by Gasteiger charge is -2.13. The molecule has 0 saturated heterocycles. The molecule has 142 valence electrons. The normalized spacial score (nSPS) is 11.9. The zero-order chi connectivity index (χ0) is 19.8. The maximum atomic E-state index is 13.1. The van der Waals surface area contributed by atoms with E-state index >= 15 is 0 Å². The van der Waals surface area contributed by atoms with Gasteiger partial charge in [0.15, 0.2) is 0 Å². The van der Waals surface area contributed by atoms with Crippen molar-refractivity contribution in [3.8, 4) is 0 Å². The van der Waals surface area contributed by atoms with Crippen molar-refractivity contribution < 1.29 is 13.2 Å². The van der Waals surface area contributed by atoms with Gasteiger partial charge in [0, 0.05) is 13.5 Å². The smallest absolute Gasteiger partial charge is 0.294 e. The summed E-state index contributed by atoms with van der Waals surface area (Å²) in [5, 5.41) is 0.476. The Morgan fingerprint density at radius 2 is 2.00 bits per heavy atom. The van der Waals surface area contributed by atoms with E-state index in [0.717, 1.165) is 28.3 Å². The molecule has 0 unspecified atom stereocenters. The number of aromatic nitrogens is 2. The number of alkyl halides is 3. The molecule has 3 nitrogen and oxygen atoms in total. The highest BCUT2D eigenvalue weighted by Gasteiger charge is 2.31. The second-order valence-electron chi connectivity index (χ2n) is 5.71. The van der Waals surface area contributed by atoms with E-state index in [1.807, 2.05) is 13.0 Å². The zero-order valence-corrected chi connectivity index (χ0v) is 17.7. The third-order valence-corrected chi connectivity index (χ3v) is 5.93. The molecule has 3 rings (SSSR count). The van der Waals surface area contributed by atoms with Crippen LogP contribution in [0.15, 0.2) is 46.3 Å². The van der Waals surface area contributed by atoms with Crippen LogP contribution in [0.4, 0.5) is 13.2 Å². The molecule has 2 aromatic carbocycles. The predicted octanol–water partition coefficient (Wildman–Crippen LogP) is 5.83. The first-order valence-corrected chi connectivity index (χ1v) is 10.3. The number of hydrogen-bond donors (Lipinski definition) is 0. The lowest BCUT2D eigenvalue weighted by molar-refractivity contribution is -0.137. The first-order chi connectivity index (χ1) is 12.7. The van der Waals surface area contributed by atoms with Crippen LogP contribution in [-0.2, 0) is 12.7 Å². The summed E-state index contributed by atoms with van der Waals surface area (Å²) in [6, 6.07) is 7.25. The number of benzene rings is 2. The Kier molecular flexibility index (Phi) is 6.07. The summed E-state index contributed by atoms with van der Waals surface area (Å²) in [5.41, 5.74) is -0.296. The largest absolute Gasteiger partial charge is 0.416 e. The molecule has 0 aliphatic heterocycles. The van der Waals surface area contributed by atoms with Gasteiger partial charge in [0.1, 0.15) is 0 Å². The number of rotatable bonds is 4. The zero-order valence-electron chi connectivity index (χ0n) is 14.0. The summed E-state index contributed by atoms with van der Waals surface area (Å²) < 4.78 is 40.9. The summed E-state index contributed by atoms with van der Waals surface area (Å²) in [6.45, 7) is 2.19. The fourth-order valence-electron chi connectivity index (χ4n) is 2.66. The van der Waals surface area contributed by atoms with Gasteiger partial charge >= 0.3 is 6.18 Å². The van der Waals surface area contributed by atoms with E-state index in [0.29, 0.717) is 5.02 Å². The highest BCUT2D eigenvalue weighted by molar-refractivity contribution is 14.1. The van der Waals surface area contributed by atoms with E-state index in [2.05, 4.69) is 4.98 Å². The van der Waals surface area contributed by atoms with Gasteiger partial charge in [-0.05, 0) is 64.2 Å². The van der Waals surface area contributed by atoms with Gasteiger partial charge < -0.3 is 0 Å². The topological polar surface area (TPSA) is 34.9 Å². The van der Waals surface area contributed by atoms with Gasteiger partial charge in [-0.15, -0.1) is 11.8 Å². The van der Waals surface area contributed by atoms with E-state index in [1.54, 1.807) is 46.5 Å². The van der Waals surface area contributed by atoms with E-state index in [-0.39, 0.29) is 21.0 Å². The molecule has 3 aromatic rings. The Hall–Kier alpha value is -1.26. The first kappa shape index (κ1) is 20.5. The molecule has 0 radical (unpaired) electrons. The van der Waals surface area contributed by atoms with E-state index < -0.39 is 17.3 Å². The summed E-state index contributed by atoms with van der Waals surface area (Å²) >= 11 is 9.44. The Morgan fingerprint density at radius 1 is 1.26 bits per heavy atom. The summed E-state index contributed by atoms with van der Waals surface area (Å²) in [7, 11) is 0. The Bertz CT molecular complexity index is 1070. The Balaban J connectivity index is 2.13. The molecule has 0 saturated carbocycles. The van der Waals surface area contributed by atoms with E-state index in [4.69, 9.17) is 11.6 Å². The predicted molar refractivity (Wildman–Crippen MR) is 111 cm³/mol. The Morgan fingerprint density at radius 3 is 2.67 bits per heavy atom. The van der Waals surface area contributed by atoms with Crippen LogP contribution in [0.25, 0.3) is 10.9 Å². The van der Waals surface area contributed by atoms with Crippen LogP contribution < -0.4 is 5.56 Å². The molecular weight excluding hydrogens is 512 g/mol. The second kappa shape index (κ2) is 8.00. The molecule has 1 heterocycles. The van der Waals surface area contributed by atoms with Crippen molar-refractivity contribution in [1.82, 2.24) is 9.55 Å². The monoisotopic (exact) mass is 524 g/mol. The van der Waals surface area contributed by atoms with Gasteiger partial charge in [0.2, 0.25) is 0 Å². The molecular formula is C18H13ClF3IN2OS. The van der Waals surface area contributed by atoms with Gasteiger partial charge in [-0.3, -0.25) is 9.36 Å². The van der Waals surface area contributed by atoms with E-state index in [9.17, 15) is 18.0 Å². The molecule has 27 heavy (non-hydrogen) atoms. The van der Waals surface area contributed by atoms with Crippen LogP contribution >= 0.6 is 46.0 Å². The average molecular weight is 525 g/mol. The third kappa shape index (κ3) is 4.43. The third-order valence-electron chi connectivity index (χ3n) is 3.87. The Labute approximate surface area is 176 Å². The summed E-state index contributed by atoms with van der Waals surface area (Å²) in [5.74, 6) is 0.840. The molecule has 1 aromatic heterocycles. The van der Waals surface area contributed by atoms with Gasteiger partial charge in [-0.2, -0.15) is 13.2 Å². The molecule has 0 spiro atoms. The minimum atomic E-state index is -4.53. The minimum Gasteiger partial charge on any atom is -0.294 e. The van der Waals surface area contributed by atoms with Crippen LogP contribution in [0.2, 0.25) is 5.02 Å². The lowest BCUT2D eigenvalue weighted by Crippen LogP contribution is -2.22. The fourth-order valence-corrected chi connectivity index (χ4v) is 4.40. The van der Waals surface area contributed by atoms with Crippen molar-refractivity contribution in [2.24, 2.45) is 0 Å². The van der Waals surface area contributed by atoms with Crippen molar-refractivity contribution in [1.29, 1.82) is 0 Å². The van der Waals surface area contributed by atoms with Gasteiger partial charge in [0.05, 0.1) is 29.3 Å². The number of nitrogens with zero attached hydrogens (tertiary/aromatic N) is 2. The molecule has 0 aliphatic carbocycles. The summed E-state index contributed by atoms with van der Waals surface area (Å²) in [6.07, 6.45) is -3.17. The highest BCUT2D eigenvalue weighted by Crippen LogP contribution is 2.32. The van der Waals surface area contributed by atoms with Gasteiger partial charge in [0.25, 0.3) is 5.56 Å². The number of hydrogen-bond acceptors (Lipinski definition) is 3. The molecule has 0 aliphatic rings. The number of thioether (sulfide) groups is 1. The van der Waals surface area contributed by atoms with Crippen LogP contribution in [0.5, 0.6) is 0 Å². The molecule has 0 amide bonds. The number of halogens is 5. The van der Waals surface area contributed by atoms with Crippen molar-refractivity contribution in [3.63, 3.8) is 0 Å². The highest BCUT2D eigenvalue weighted by atomic mass is 127.